The van der Waals surface area contributed by atoms with Gasteiger partial charge in [-0.15, -0.1) is 0 Å². The van der Waals surface area contributed by atoms with E-state index in [1.54, 1.807) is 9.80 Å². The van der Waals surface area contributed by atoms with Gasteiger partial charge in [0, 0.05) is 39.0 Å². The quantitative estimate of drug-likeness (QED) is 0.472. The molecule has 0 N–H and O–H groups in total. The molecule has 156 valence electrons. The molecule has 1 rings (SSSR count). The summed E-state index contributed by atoms with van der Waals surface area (Å²) in [5.74, 6) is 0. The summed E-state index contributed by atoms with van der Waals surface area (Å²) in [7, 11) is 0. The summed E-state index contributed by atoms with van der Waals surface area (Å²) in [5, 5.41) is 11.9. The maximum Gasteiger partial charge on any atom is 0.410 e. The summed E-state index contributed by atoms with van der Waals surface area (Å²) in [4.78, 5) is 28.0. The van der Waals surface area contributed by atoms with Crippen molar-refractivity contribution >= 4 is 18.4 Å². The molecule has 8 heteroatoms. The summed E-state index contributed by atoms with van der Waals surface area (Å²) in [6.07, 6.45) is 2.38. The highest BCUT2D eigenvalue weighted by Gasteiger charge is 2.25. The molecule has 0 unspecified atom stereocenters. The summed E-state index contributed by atoms with van der Waals surface area (Å²) in [6.45, 7) is 12.9. The van der Waals surface area contributed by atoms with Crippen LogP contribution in [0.5, 0.6) is 0 Å². The van der Waals surface area contributed by atoms with Crippen molar-refractivity contribution < 1.29 is 23.8 Å². The van der Waals surface area contributed by atoms with Crippen molar-refractivity contribution in [3.63, 3.8) is 0 Å². The molecular weight excluding hydrogens is 350 g/mol. The zero-order valence-corrected chi connectivity index (χ0v) is 17.6. The van der Waals surface area contributed by atoms with Crippen LogP contribution < -0.4 is 0 Å². The second-order valence-electron chi connectivity index (χ2n) is 8.75. The number of amides is 2. The Morgan fingerprint density at radius 2 is 1.30 bits per heavy atom. The lowest BCUT2D eigenvalue weighted by molar-refractivity contribution is -0.454. The molecule has 0 aliphatic carbocycles. The minimum atomic E-state index is -0.586. The fraction of sp³-hybridized carbons (Fsp3) is 0.842. The molecule has 1 heterocycles. The second-order valence-corrected chi connectivity index (χ2v) is 8.75. The van der Waals surface area contributed by atoms with E-state index in [2.05, 4.69) is 0 Å². The van der Waals surface area contributed by atoms with Crippen LogP contribution in [0.1, 0.15) is 60.8 Å². The molecule has 8 nitrogen and oxygen atoms in total. The van der Waals surface area contributed by atoms with Gasteiger partial charge < -0.3 is 24.5 Å². The van der Waals surface area contributed by atoms with E-state index < -0.39 is 23.4 Å². The summed E-state index contributed by atoms with van der Waals surface area (Å²) < 4.78 is 11.8. The van der Waals surface area contributed by atoms with Gasteiger partial charge in [0.2, 0.25) is 0 Å². The third-order valence-corrected chi connectivity index (χ3v) is 3.70. The van der Waals surface area contributed by atoms with Crippen LogP contribution >= 0.6 is 0 Å². The SMILES string of the molecule is CC(C)(C)OC(=O)N1CC/C=[N+](\[O-])CCCN(C(=O)OC(C)(C)C)CCC1. The molecule has 1 aliphatic heterocycles. The van der Waals surface area contributed by atoms with E-state index in [1.165, 1.54) is 6.21 Å². The predicted molar refractivity (Wildman–Crippen MR) is 104 cm³/mol. The molecule has 2 amide bonds. The van der Waals surface area contributed by atoms with Crippen LogP contribution in [0, 0.1) is 5.21 Å². The monoisotopic (exact) mass is 385 g/mol. The first-order valence-corrected chi connectivity index (χ1v) is 9.60. The van der Waals surface area contributed by atoms with Crippen molar-refractivity contribution in [2.75, 3.05) is 32.7 Å². The molecule has 0 saturated carbocycles. The molecule has 0 aromatic carbocycles. The lowest BCUT2D eigenvalue weighted by Crippen LogP contribution is -2.42. The number of carbonyl (C=O) groups excluding carboxylic acids is 2. The number of hydrogen-bond acceptors (Lipinski definition) is 5. The van der Waals surface area contributed by atoms with Gasteiger partial charge in [-0.1, -0.05) is 0 Å². The molecule has 0 atom stereocenters. The Morgan fingerprint density at radius 1 is 0.852 bits per heavy atom. The van der Waals surface area contributed by atoms with Crippen LogP contribution in [0.3, 0.4) is 0 Å². The number of hydroxylamine groups is 1. The maximum absolute atomic E-state index is 12.4. The predicted octanol–water partition coefficient (Wildman–Crippen LogP) is 3.23. The molecule has 1 aliphatic rings. The average Bonchev–Trinajstić information content (AvgIpc) is 2.46. The number of carbonyl (C=O) groups is 2. The largest absolute Gasteiger partial charge is 0.624 e. The van der Waals surface area contributed by atoms with Crippen molar-refractivity contribution in [2.24, 2.45) is 0 Å². The second kappa shape index (κ2) is 9.80. The van der Waals surface area contributed by atoms with Gasteiger partial charge in [0.1, 0.15) is 11.2 Å². The zero-order valence-electron chi connectivity index (χ0n) is 17.6. The molecular formula is C19H35N3O5. The van der Waals surface area contributed by atoms with Gasteiger partial charge in [0.25, 0.3) is 0 Å². The average molecular weight is 386 g/mol. The standard InChI is InChI=1S/C19H35N3O5/c1-18(2,3)26-16(23)20-10-7-11-21(17(24)27-19(4,5)6)13-9-15-22(25)14-8-12-20/h14H,7-13,15H2,1-6H3/b22-14-. The van der Waals surface area contributed by atoms with E-state index in [-0.39, 0.29) is 0 Å². The van der Waals surface area contributed by atoms with Gasteiger partial charge in [-0.25, -0.2) is 14.3 Å². The lowest BCUT2D eigenvalue weighted by atomic mass is 10.2. The first kappa shape index (κ1) is 23.0. The Morgan fingerprint density at radius 3 is 1.78 bits per heavy atom. The molecule has 0 aromatic rings. The smallest absolute Gasteiger partial charge is 0.410 e. The minimum absolute atomic E-state index is 0.297. The van der Waals surface area contributed by atoms with Crippen molar-refractivity contribution in [3.05, 3.63) is 5.21 Å². The van der Waals surface area contributed by atoms with Crippen LogP contribution in [-0.4, -0.2) is 76.9 Å². The van der Waals surface area contributed by atoms with Gasteiger partial charge in [0.05, 0.1) is 0 Å². The molecule has 0 spiro atoms. The molecule has 0 aromatic heterocycles. The zero-order chi connectivity index (χ0) is 20.7. The molecule has 0 fully saturated rings. The van der Waals surface area contributed by atoms with Gasteiger partial charge in [-0.3, -0.25) is 0 Å². The molecule has 27 heavy (non-hydrogen) atoms. The Kier molecular flexibility index (Phi) is 8.37. The number of rotatable bonds is 0. The molecule has 0 bridgehead atoms. The van der Waals surface area contributed by atoms with Crippen LogP contribution in [0.25, 0.3) is 0 Å². The summed E-state index contributed by atoms with van der Waals surface area (Å²) in [6, 6.07) is 0. The minimum Gasteiger partial charge on any atom is -0.624 e. The maximum atomic E-state index is 12.4. The van der Waals surface area contributed by atoms with Crippen LogP contribution in [0.4, 0.5) is 9.59 Å². The van der Waals surface area contributed by atoms with Crippen LogP contribution in [0.15, 0.2) is 0 Å². The van der Waals surface area contributed by atoms with Crippen molar-refractivity contribution in [1.29, 1.82) is 0 Å². The first-order chi connectivity index (χ1) is 12.4. The normalized spacial score (nSPS) is 20.0. The van der Waals surface area contributed by atoms with E-state index in [9.17, 15) is 14.8 Å². The Balaban J connectivity index is 2.82. The van der Waals surface area contributed by atoms with Gasteiger partial charge in [-0.05, 0) is 48.0 Å². The van der Waals surface area contributed by atoms with E-state index in [0.717, 1.165) is 4.74 Å². The summed E-state index contributed by atoms with van der Waals surface area (Å²) >= 11 is 0. The van der Waals surface area contributed by atoms with Gasteiger partial charge in [-0.2, -0.15) is 0 Å². The number of hydrogen-bond donors (Lipinski definition) is 0. The third kappa shape index (κ3) is 10.1. The Labute approximate surface area is 162 Å². The Bertz CT molecular complexity index is 534. The lowest BCUT2D eigenvalue weighted by Gasteiger charge is -2.30. The van der Waals surface area contributed by atoms with E-state index in [1.807, 2.05) is 41.5 Å². The Hall–Kier alpha value is -1.99. The fourth-order valence-electron chi connectivity index (χ4n) is 2.56. The third-order valence-electron chi connectivity index (χ3n) is 3.70. The first-order valence-electron chi connectivity index (χ1n) is 9.60. The van der Waals surface area contributed by atoms with Gasteiger partial charge in [0.15, 0.2) is 12.8 Å². The van der Waals surface area contributed by atoms with E-state index in [4.69, 9.17) is 9.47 Å². The summed E-state index contributed by atoms with van der Waals surface area (Å²) in [5.41, 5.74) is -1.17. The van der Waals surface area contributed by atoms with E-state index in [0.29, 0.717) is 52.0 Å². The van der Waals surface area contributed by atoms with Crippen LogP contribution in [0.2, 0.25) is 0 Å². The van der Waals surface area contributed by atoms with E-state index >= 15 is 0 Å². The highest BCUT2D eigenvalue weighted by atomic mass is 16.6. The number of nitrogens with zero attached hydrogens (tertiary/aromatic N) is 3. The van der Waals surface area contributed by atoms with Crippen molar-refractivity contribution in [1.82, 2.24) is 9.80 Å². The van der Waals surface area contributed by atoms with Crippen molar-refractivity contribution in [3.8, 4) is 0 Å². The highest BCUT2D eigenvalue weighted by Crippen LogP contribution is 2.13. The molecule has 0 radical (unpaired) electrons. The highest BCUT2D eigenvalue weighted by molar-refractivity contribution is 5.69. The molecule has 0 saturated heterocycles. The van der Waals surface area contributed by atoms with Gasteiger partial charge >= 0.3 is 12.2 Å². The fourth-order valence-corrected chi connectivity index (χ4v) is 2.56. The van der Waals surface area contributed by atoms with Crippen LogP contribution in [-0.2, 0) is 9.47 Å². The number of ether oxygens (including phenoxy) is 2. The van der Waals surface area contributed by atoms with Crippen molar-refractivity contribution in [2.45, 2.75) is 72.0 Å². The topological polar surface area (TPSA) is 85.2 Å².